The number of rotatable bonds is 8. The van der Waals surface area contributed by atoms with Crippen molar-refractivity contribution in [1.29, 1.82) is 0 Å². The summed E-state index contributed by atoms with van der Waals surface area (Å²) in [4.78, 5) is 13.5. The van der Waals surface area contributed by atoms with E-state index in [4.69, 9.17) is 9.47 Å². The Labute approximate surface area is 212 Å². The smallest absolute Gasteiger partial charge is 0.132 e. The second-order valence-electron chi connectivity index (χ2n) is 8.97. The highest BCUT2D eigenvalue weighted by Crippen LogP contribution is 2.67. The van der Waals surface area contributed by atoms with Crippen LogP contribution in [0.4, 0.5) is 0 Å². The predicted octanol–water partition coefficient (Wildman–Crippen LogP) is 6.27. The molecule has 0 spiro atoms. The van der Waals surface area contributed by atoms with Crippen LogP contribution in [0.3, 0.4) is 0 Å². The lowest BCUT2D eigenvalue weighted by Gasteiger charge is -2.27. The highest BCUT2D eigenvalue weighted by molar-refractivity contribution is 8.88. The second kappa shape index (κ2) is 14.4. The van der Waals surface area contributed by atoms with E-state index in [1.54, 1.807) is 62.8 Å². The van der Waals surface area contributed by atoms with Crippen LogP contribution in [0.5, 0.6) is 11.5 Å². The van der Waals surface area contributed by atoms with Crippen LogP contribution in [0, 0.1) is 0 Å². The molecular formula is C26H38NO4PS2. The predicted molar refractivity (Wildman–Crippen MR) is 141 cm³/mol. The molecule has 8 heteroatoms. The number of hydrogen-bond acceptors (Lipinski definition) is 6. The lowest BCUT2D eigenvalue weighted by molar-refractivity contribution is -0.725. The monoisotopic (exact) mass is 523 g/mol. The minimum Gasteiger partial charge on any atom is -0.783 e. The van der Waals surface area contributed by atoms with Crippen LogP contribution in [0.15, 0.2) is 58.3 Å². The summed E-state index contributed by atoms with van der Waals surface area (Å²) in [6, 6.07) is 15.8. The zero-order chi connectivity index (χ0) is 24.2. The Balaban J connectivity index is 0.000000212. The third-order valence-corrected chi connectivity index (χ3v) is 11.8. The van der Waals surface area contributed by atoms with Crippen LogP contribution in [-0.2, 0) is 4.57 Å². The first-order valence-corrected chi connectivity index (χ1v) is 16.8. The van der Waals surface area contributed by atoms with Gasteiger partial charge in [0.2, 0.25) is 0 Å². The van der Waals surface area contributed by atoms with Gasteiger partial charge in [0.25, 0.3) is 0 Å². The van der Waals surface area contributed by atoms with Crippen LogP contribution in [-0.4, -0.2) is 26.3 Å². The first-order chi connectivity index (χ1) is 16.5. The Bertz CT molecular complexity index is 813. The van der Waals surface area contributed by atoms with Gasteiger partial charge >= 0.3 is 0 Å². The summed E-state index contributed by atoms with van der Waals surface area (Å²) in [6.07, 6.45) is 15.0. The van der Waals surface area contributed by atoms with E-state index in [1.807, 2.05) is 0 Å². The first-order valence-electron chi connectivity index (χ1n) is 12.3. The molecule has 0 radical (unpaired) electrons. The summed E-state index contributed by atoms with van der Waals surface area (Å²) in [5.74, 6) is -2.29. The maximum atomic E-state index is 12.2. The van der Waals surface area contributed by atoms with Crippen LogP contribution < -0.4 is 19.7 Å². The molecule has 0 amide bonds. The van der Waals surface area contributed by atoms with Crippen molar-refractivity contribution in [1.82, 2.24) is 0 Å². The molecule has 0 aliphatic heterocycles. The molecule has 2 aliphatic carbocycles. The molecule has 0 aromatic heterocycles. The molecule has 2 saturated carbocycles. The second-order valence-corrected chi connectivity index (χ2v) is 15.8. The van der Waals surface area contributed by atoms with Crippen molar-refractivity contribution < 1.29 is 24.2 Å². The minimum absolute atomic E-state index is 0.662. The molecule has 2 aromatic rings. The van der Waals surface area contributed by atoms with Gasteiger partial charge in [-0.1, -0.05) is 35.6 Å². The van der Waals surface area contributed by atoms with Crippen molar-refractivity contribution in [2.24, 2.45) is 0 Å². The summed E-state index contributed by atoms with van der Waals surface area (Å²) in [7, 11) is 3.14. The molecule has 2 fully saturated rings. The lowest BCUT2D eigenvalue weighted by atomic mass is 9.91. The fourth-order valence-corrected chi connectivity index (χ4v) is 9.93. The van der Waals surface area contributed by atoms with E-state index in [1.165, 1.54) is 64.2 Å². The molecule has 34 heavy (non-hydrogen) atoms. The van der Waals surface area contributed by atoms with E-state index in [-0.39, 0.29) is 0 Å². The highest BCUT2D eigenvalue weighted by atomic mass is 33.1. The summed E-state index contributed by atoms with van der Waals surface area (Å²) >= 11 is 1.69. The average Bonchev–Trinajstić information content (AvgIpc) is 2.86. The van der Waals surface area contributed by atoms with Crippen molar-refractivity contribution >= 4 is 28.5 Å². The molecule has 4 rings (SSSR count). The summed E-state index contributed by atoms with van der Waals surface area (Å²) in [6.45, 7) is 0. The third-order valence-electron chi connectivity index (χ3n) is 6.40. The summed E-state index contributed by atoms with van der Waals surface area (Å²) in [5.41, 5.74) is 0. The fraction of sp³-hybridized carbons (Fsp3) is 0.538. The van der Waals surface area contributed by atoms with E-state index in [0.717, 1.165) is 34.8 Å². The minimum atomic E-state index is -3.68. The molecule has 0 unspecified atom stereocenters. The molecule has 0 bridgehead atoms. The van der Waals surface area contributed by atoms with Crippen LogP contribution in [0.2, 0.25) is 0 Å². The van der Waals surface area contributed by atoms with Gasteiger partial charge in [-0.15, -0.1) is 0 Å². The van der Waals surface area contributed by atoms with Gasteiger partial charge in [0.05, 0.1) is 26.3 Å². The molecule has 2 aliphatic rings. The summed E-state index contributed by atoms with van der Waals surface area (Å²) < 4.78 is 22.3. The van der Waals surface area contributed by atoms with Gasteiger partial charge < -0.3 is 24.2 Å². The molecule has 0 atom stereocenters. The van der Waals surface area contributed by atoms with E-state index in [2.05, 4.69) is 5.32 Å². The molecule has 188 valence electrons. The third kappa shape index (κ3) is 9.87. The SMILES string of the molecule is C1CCC([NH2+]C2CCCCC2)CC1.COc1ccc(SP(=O)([O-])Sc2ccc(OC)cc2)cc1. The Morgan fingerprint density at radius 3 is 1.38 bits per heavy atom. The van der Waals surface area contributed by atoms with Gasteiger partial charge in [0, 0.05) is 9.79 Å². The van der Waals surface area contributed by atoms with Gasteiger partial charge in [0.15, 0.2) is 0 Å². The number of benzene rings is 2. The van der Waals surface area contributed by atoms with Gasteiger partial charge in [-0.2, -0.15) is 0 Å². The van der Waals surface area contributed by atoms with Crippen LogP contribution in [0.1, 0.15) is 64.2 Å². The molecule has 5 nitrogen and oxygen atoms in total. The van der Waals surface area contributed by atoms with Crippen molar-refractivity contribution in [2.45, 2.75) is 86.1 Å². The fourth-order valence-electron chi connectivity index (χ4n) is 4.59. The topological polar surface area (TPSA) is 75.2 Å². The maximum Gasteiger partial charge on any atom is 0.132 e. The average molecular weight is 524 g/mol. The summed E-state index contributed by atoms with van der Waals surface area (Å²) in [5, 5.41) is 2.72. The molecule has 2 N–H and O–H groups in total. The Morgan fingerprint density at radius 2 is 1.06 bits per heavy atom. The van der Waals surface area contributed by atoms with Crippen molar-refractivity contribution in [3.63, 3.8) is 0 Å². The van der Waals surface area contributed by atoms with E-state index in [9.17, 15) is 9.46 Å². The largest absolute Gasteiger partial charge is 0.783 e. The van der Waals surface area contributed by atoms with E-state index >= 15 is 0 Å². The zero-order valence-corrected chi connectivity index (χ0v) is 22.8. The van der Waals surface area contributed by atoms with Crippen molar-refractivity contribution in [2.75, 3.05) is 14.2 Å². The van der Waals surface area contributed by atoms with Crippen LogP contribution >= 0.6 is 28.5 Å². The molecular weight excluding hydrogens is 485 g/mol. The van der Waals surface area contributed by atoms with E-state index in [0.29, 0.717) is 21.3 Å². The lowest BCUT2D eigenvalue weighted by Crippen LogP contribution is -2.95. The van der Waals surface area contributed by atoms with Crippen molar-refractivity contribution in [3.05, 3.63) is 48.5 Å². The number of nitrogens with two attached hydrogens (primary N) is 1. The molecule has 0 saturated heterocycles. The number of hydrogen-bond donors (Lipinski definition) is 1. The highest BCUT2D eigenvalue weighted by Gasteiger charge is 2.22. The Hall–Kier alpha value is -1.11. The number of ether oxygens (including phenoxy) is 2. The van der Waals surface area contributed by atoms with E-state index < -0.39 is 5.77 Å². The van der Waals surface area contributed by atoms with Gasteiger partial charge in [-0.3, -0.25) is 0 Å². The maximum absolute atomic E-state index is 12.2. The Kier molecular flexibility index (Phi) is 11.7. The molecule has 2 aromatic carbocycles. The standard InChI is InChI=1S/C14H15O4PS2.C12H23N/c1-17-11-3-7-13(8-4-11)20-19(15,16)21-14-9-5-12(18-2)6-10-14;1-3-7-11(8-4-1)13-12-9-5-2-6-10-12/h3-10H,1-2H3,(H,15,16);11-13H,1-10H2. The van der Waals surface area contributed by atoms with Gasteiger partial charge in [0.1, 0.15) is 17.3 Å². The number of quaternary nitrogens is 1. The molecule has 0 heterocycles. The number of methoxy groups -OCH3 is 2. The zero-order valence-electron chi connectivity index (χ0n) is 20.3. The van der Waals surface area contributed by atoms with Crippen LogP contribution in [0.25, 0.3) is 0 Å². The van der Waals surface area contributed by atoms with Gasteiger partial charge in [-0.25, -0.2) is 0 Å². The Morgan fingerprint density at radius 1 is 0.706 bits per heavy atom. The van der Waals surface area contributed by atoms with Gasteiger partial charge in [-0.05, 0) is 99.9 Å². The first kappa shape index (κ1) is 27.5. The normalized spacial score (nSPS) is 17.5. The van der Waals surface area contributed by atoms with Crippen molar-refractivity contribution in [3.8, 4) is 11.5 Å². The quantitative estimate of drug-likeness (QED) is 0.411.